The Morgan fingerprint density at radius 2 is 2.00 bits per heavy atom. The Morgan fingerprint density at radius 1 is 1.32 bits per heavy atom. The number of hydrogen-bond donors (Lipinski definition) is 2. The summed E-state index contributed by atoms with van der Waals surface area (Å²) in [5.41, 5.74) is 0.261. The van der Waals surface area contributed by atoms with Gasteiger partial charge in [-0.15, -0.1) is 0 Å². The third kappa shape index (κ3) is 5.04. The Labute approximate surface area is 140 Å². The van der Waals surface area contributed by atoms with Crippen LogP contribution in [0, 0.1) is 11.8 Å². The van der Waals surface area contributed by atoms with E-state index in [1.807, 2.05) is 0 Å². The van der Waals surface area contributed by atoms with E-state index in [2.05, 4.69) is 15.0 Å². The maximum absolute atomic E-state index is 12.7. The third-order valence-electron chi connectivity index (χ3n) is 3.89. The molecule has 25 heavy (non-hydrogen) atoms. The molecular formula is C15H16F4N2O4. The monoisotopic (exact) mass is 364 g/mol. The molecule has 1 heterocycles. The zero-order chi connectivity index (χ0) is 18.6. The molecule has 0 radical (unpaired) electrons. The van der Waals surface area contributed by atoms with Crippen molar-refractivity contribution in [2.45, 2.75) is 31.6 Å². The van der Waals surface area contributed by atoms with Crippen molar-refractivity contribution in [2.75, 3.05) is 11.9 Å². The summed E-state index contributed by atoms with van der Waals surface area (Å²) in [6, 6.07) is 2.48. The molecule has 0 aromatic carbocycles. The van der Waals surface area contributed by atoms with Gasteiger partial charge in [-0.25, -0.2) is 13.8 Å². The van der Waals surface area contributed by atoms with Crippen molar-refractivity contribution in [1.82, 2.24) is 4.98 Å². The van der Waals surface area contributed by atoms with Gasteiger partial charge >= 0.3 is 18.3 Å². The molecule has 2 N–H and O–H groups in total. The molecular weight excluding hydrogens is 348 g/mol. The van der Waals surface area contributed by atoms with E-state index in [1.54, 1.807) is 0 Å². The van der Waals surface area contributed by atoms with Gasteiger partial charge in [0.1, 0.15) is 0 Å². The van der Waals surface area contributed by atoms with Crippen LogP contribution in [0.25, 0.3) is 0 Å². The molecule has 0 aliphatic heterocycles. The molecule has 0 saturated heterocycles. The molecule has 0 unspecified atom stereocenters. The van der Waals surface area contributed by atoms with Crippen LogP contribution in [-0.2, 0) is 9.59 Å². The van der Waals surface area contributed by atoms with Gasteiger partial charge in [-0.05, 0) is 25.3 Å². The molecule has 1 aromatic rings. The largest absolute Gasteiger partial charge is 0.481 e. The first kappa shape index (κ1) is 18.9. The number of aliphatic carboxylic acids is 1. The van der Waals surface area contributed by atoms with Gasteiger partial charge in [0.05, 0.1) is 17.8 Å². The first-order valence-corrected chi connectivity index (χ1v) is 7.47. The number of amides is 1. The summed E-state index contributed by atoms with van der Waals surface area (Å²) >= 11 is 0. The lowest BCUT2D eigenvalue weighted by molar-refractivity contribution is -0.148. The highest BCUT2D eigenvalue weighted by Gasteiger charge is 2.41. The SMILES string of the molecule is O=C(O)[C@@H]1CC[C@H](C(=O)Nc2ccc(OCC(F)(F)C(F)F)nc2)C1. The minimum atomic E-state index is -4.28. The van der Waals surface area contributed by atoms with Crippen LogP contribution >= 0.6 is 0 Å². The summed E-state index contributed by atoms with van der Waals surface area (Å²) in [7, 11) is 0. The average Bonchev–Trinajstić information content (AvgIpc) is 3.04. The number of anilines is 1. The Balaban J connectivity index is 1.86. The number of ether oxygens (including phenoxy) is 1. The van der Waals surface area contributed by atoms with E-state index < -0.39 is 36.8 Å². The Kier molecular flexibility index (Phi) is 5.81. The number of nitrogens with one attached hydrogen (secondary N) is 1. The van der Waals surface area contributed by atoms with Gasteiger partial charge in [0.15, 0.2) is 6.61 Å². The van der Waals surface area contributed by atoms with Gasteiger partial charge in [-0.2, -0.15) is 8.78 Å². The molecule has 0 spiro atoms. The normalized spacial score (nSPS) is 20.5. The summed E-state index contributed by atoms with van der Waals surface area (Å²) in [5.74, 6) is -6.83. The number of carboxylic acids is 1. The lowest BCUT2D eigenvalue weighted by Crippen LogP contribution is -2.33. The molecule has 1 amide bonds. The van der Waals surface area contributed by atoms with Crippen molar-refractivity contribution < 1.29 is 37.0 Å². The molecule has 1 aliphatic rings. The predicted octanol–water partition coefficient (Wildman–Crippen LogP) is 2.80. The molecule has 0 bridgehead atoms. The maximum atomic E-state index is 12.7. The number of pyridine rings is 1. The van der Waals surface area contributed by atoms with Crippen LogP contribution in [0.5, 0.6) is 5.88 Å². The van der Waals surface area contributed by atoms with Crippen LogP contribution in [0.4, 0.5) is 23.2 Å². The highest BCUT2D eigenvalue weighted by molar-refractivity contribution is 5.93. The number of rotatable bonds is 7. The van der Waals surface area contributed by atoms with E-state index in [4.69, 9.17) is 5.11 Å². The van der Waals surface area contributed by atoms with Gasteiger partial charge in [-0.1, -0.05) is 0 Å². The number of carboxylic acid groups (broad SMARTS) is 1. The zero-order valence-corrected chi connectivity index (χ0v) is 12.9. The molecule has 138 valence electrons. The Bertz CT molecular complexity index is 624. The van der Waals surface area contributed by atoms with Gasteiger partial charge in [0.2, 0.25) is 11.8 Å². The van der Waals surface area contributed by atoms with E-state index in [1.165, 1.54) is 6.07 Å². The van der Waals surface area contributed by atoms with Gasteiger partial charge < -0.3 is 15.2 Å². The van der Waals surface area contributed by atoms with Crippen LogP contribution in [0.3, 0.4) is 0 Å². The Morgan fingerprint density at radius 3 is 2.52 bits per heavy atom. The van der Waals surface area contributed by atoms with Gasteiger partial charge in [-0.3, -0.25) is 9.59 Å². The molecule has 2 atom stereocenters. The standard InChI is InChI=1S/C15H16F4N2O4/c16-14(17)15(18,19)7-25-11-4-3-10(6-20-11)21-12(22)8-1-2-9(5-8)13(23)24/h3-4,6,8-9,14H,1-2,5,7H2,(H,21,22)(H,23,24)/t8-,9+/m0/s1. The number of aromatic nitrogens is 1. The van der Waals surface area contributed by atoms with E-state index in [-0.39, 0.29) is 23.9 Å². The topological polar surface area (TPSA) is 88.5 Å². The van der Waals surface area contributed by atoms with Crippen molar-refractivity contribution >= 4 is 17.6 Å². The quantitative estimate of drug-likeness (QED) is 0.727. The van der Waals surface area contributed by atoms with E-state index in [0.29, 0.717) is 12.8 Å². The van der Waals surface area contributed by atoms with Gasteiger partial charge in [0, 0.05) is 12.0 Å². The second-order valence-corrected chi connectivity index (χ2v) is 5.77. The summed E-state index contributed by atoms with van der Waals surface area (Å²) in [6.07, 6.45) is -1.57. The number of halogens is 4. The van der Waals surface area contributed by atoms with E-state index >= 15 is 0 Å². The summed E-state index contributed by atoms with van der Waals surface area (Å²) < 4.78 is 54.0. The second kappa shape index (κ2) is 7.66. The molecule has 2 rings (SSSR count). The van der Waals surface area contributed by atoms with Crippen molar-refractivity contribution in [2.24, 2.45) is 11.8 Å². The smallest absolute Gasteiger partial charge is 0.340 e. The number of hydrogen-bond acceptors (Lipinski definition) is 4. The fraction of sp³-hybridized carbons (Fsp3) is 0.533. The highest BCUT2D eigenvalue weighted by Crippen LogP contribution is 2.32. The Hall–Kier alpha value is -2.39. The van der Waals surface area contributed by atoms with Crippen molar-refractivity contribution in [3.8, 4) is 5.88 Å². The number of carbonyl (C=O) groups is 2. The lowest BCUT2D eigenvalue weighted by atomic mass is 10.0. The van der Waals surface area contributed by atoms with Crippen molar-refractivity contribution in [1.29, 1.82) is 0 Å². The second-order valence-electron chi connectivity index (χ2n) is 5.77. The first-order chi connectivity index (χ1) is 11.7. The number of nitrogens with zero attached hydrogens (tertiary/aromatic N) is 1. The van der Waals surface area contributed by atoms with Gasteiger partial charge in [0.25, 0.3) is 0 Å². The molecule has 6 nitrogen and oxygen atoms in total. The third-order valence-corrected chi connectivity index (χ3v) is 3.89. The fourth-order valence-electron chi connectivity index (χ4n) is 2.46. The van der Waals surface area contributed by atoms with Crippen molar-refractivity contribution in [3.63, 3.8) is 0 Å². The predicted molar refractivity (Wildman–Crippen MR) is 77.8 cm³/mol. The van der Waals surface area contributed by atoms with Crippen molar-refractivity contribution in [3.05, 3.63) is 18.3 Å². The van der Waals surface area contributed by atoms with E-state index in [9.17, 15) is 27.2 Å². The minimum Gasteiger partial charge on any atom is -0.481 e. The maximum Gasteiger partial charge on any atom is 0.340 e. The van der Waals surface area contributed by atoms with Crippen LogP contribution in [0.15, 0.2) is 18.3 Å². The summed E-state index contributed by atoms with van der Waals surface area (Å²) in [4.78, 5) is 26.6. The zero-order valence-electron chi connectivity index (χ0n) is 12.9. The van der Waals surface area contributed by atoms with Crippen LogP contribution in [0.1, 0.15) is 19.3 Å². The molecule has 1 aromatic heterocycles. The van der Waals surface area contributed by atoms with E-state index in [0.717, 1.165) is 12.3 Å². The number of alkyl halides is 4. The first-order valence-electron chi connectivity index (χ1n) is 7.47. The average molecular weight is 364 g/mol. The fourth-order valence-corrected chi connectivity index (χ4v) is 2.46. The summed E-state index contributed by atoms with van der Waals surface area (Å²) in [5, 5.41) is 11.5. The number of carbonyl (C=O) groups excluding carboxylic acids is 1. The molecule has 1 aliphatic carbocycles. The van der Waals surface area contributed by atoms with Crippen LogP contribution in [-0.4, -0.2) is 40.9 Å². The summed E-state index contributed by atoms with van der Waals surface area (Å²) in [6.45, 7) is -1.51. The molecule has 10 heteroatoms. The lowest BCUT2D eigenvalue weighted by Gasteiger charge is -2.15. The molecule has 1 fully saturated rings. The minimum absolute atomic E-state index is 0.249. The van der Waals surface area contributed by atoms with Crippen LogP contribution < -0.4 is 10.1 Å². The highest BCUT2D eigenvalue weighted by atomic mass is 19.3. The molecule has 1 saturated carbocycles. The van der Waals surface area contributed by atoms with Crippen LogP contribution in [0.2, 0.25) is 0 Å².